The van der Waals surface area contributed by atoms with Crippen molar-refractivity contribution >= 4 is 11.7 Å². The van der Waals surface area contributed by atoms with Gasteiger partial charge in [0.05, 0.1) is 0 Å². The molecule has 0 aliphatic carbocycles. The van der Waals surface area contributed by atoms with E-state index in [1.165, 1.54) is 12.3 Å². The molecule has 1 N–H and O–H groups in total. The third-order valence-corrected chi connectivity index (χ3v) is 2.14. The first-order valence-corrected chi connectivity index (χ1v) is 5.01. The molecule has 0 aliphatic heterocycles. The minimum Gasteiger partial charge on any atom is -0.307 e. The van der Waals surface area contributed by atoms with Crippen molar-refractivity contribution in [2.75, 3.05) is 5.32 Å². The van der Waals surface area contributed by atoms with E-state index >= 15 is 0 Å². The topological polar surface area (TPSA) is 54.9 Å². The smallest absolute Gasteiger partial charge is 0.257 e. The first-order chi connectivity index (χ1) is 8.15. The zero-order valence-electron chi connectivity index (χ0n) is 9.14. The average Bonchev–Trinajstić information content (AvgIpc) is 2.32. The molecule has 0 spiro atoms. The summed E-state index contributed by atoms with van der Waals surface area (Å²) in [6, 6.07) is 6.02. The van der Waals surface area contributed by atoms with Gasteiger partial charge in [0.1, 0.15) is 5.82 Å². The summed E-state index contributed by atoms with van der Waals surface area (Å²) >= 11 is 0. The van der Waals surface area contributed by atoms with Crippen LogP contribution in [0.5, 0.6) is 0 Å². The maximum absolute atomic E-state index is 12.8. The molecule has 2 aromatic heterocycles. The Bertz CT molecular complexity index is 540. The van der Waals surface area contributed by atoms with Crippen LogP contribution in [0.1, 0.15) is 15.9 Å². The largest absolute Gasteiger partial charge is 0.307 e. The Hall–Kier alpha value is -2.30. The number of rotatable bonds is 2. The predicted molar refractivity (Wildman–Crippen MR) is 61.1 cm³/mol. The van der Waals surface area contributed by atoms with E-state index in [2.05, 4.69) is 15.3 Å². The molecule has 0 bridgehead atoms. The third kappa shape index (κ3) is 2.84. The summed E-state index contributed by atoms with van der Waals surface area (Å²) in [5, 5.41) is 2.57. The molecule has 2 heterocycles. The molecule has 5 heteroatoms. The van der Waals surface area contributed by atoms with E-state index < -0.39 is 11.9 Å². The van der Waals surface area contributed by atoms with Gasteiger partial charge in [0.25, 0.3) is 5.91 Å². The summed E-state index contributed by atoms with van der Waals surface area (Å²) in [6.45, 7) is 1.90. The molecule has 2 aromatic rings. The van der Waals surface area contributed by atoms with Gasteiger partial charge in [0.15, 0.2) is 0 Å². The quantitative estimate of drug-likeness (QED) is 0.806. The second kappa shape index (κ2) is 4.69. The van der Waals surface area contributed by atoms with Crippen LogP contribution in [0.25, 0.3) is 0 Å². The molecule has 17 heavy (non-hydrogen) atoms. The number of anilines is 1. The van der Waals surface area contributed by atoms with Crippen LogP contribution in [0, 0.1) is 12.9 Å². The van der Waals surface area contributed by atoms with Gasteiger partial charge in [-0.1, -0.05) is 6.07 Å². The van der Waals surface area contributed by atoms with Crippen LogP contribution >= 0.6 is 0 Å². The molecule has 2 rings (SSSR count). The van der Waals surface area contributed by atoms with Gasteiger partial charge < -0.3 is 5.32 Å². The Labute approximate surface area is 97.5 Å². The fourth-order valence-electron chi connectivity index (χ4n) is 1.27. The minimum absolute atomic E-state index is 0.208. The Balaban J connectivity index is 2.14. The van der Waals surface area contributed by atoms with Crippen LogP contribution < -0.4 is 5.32 Å². The highest BCUT2D eigenvalue weighted by atomic mass is 19.1. The van der Waals surface area contributed by atoms with E-state index in [-0.39, 0.29) is 5.56 Å². The first kappa shape index (κ1) is 11.2. The molecular weight excluding hydrogens is 221 g/mol. The zero-order chi connectivity index (χ0) is 12.3. The lowest BCUT2D eigenvalue weighted by atomic mass is 10.2. The number of hydrogen-bond acceptors (Lipinski definition) is 3. The second-order valence-corrected chi connectivity index (χ2v) is 3.54. The van der Waals surface area contributed by atoms with Gasteiger partial charge in [-0.15, -0.1) is 0 Å². The molecular formula is C12H10FN3O. The number of hydrogen-bond donors (Lipinski definition) is 1. The molecule has 0 aliphatic rings. The molecule has 0 saturated heterocycles. The van der Waals surface area contributed by atoms with Crippen LogP contribution in [-0.2, 0) is 0 Å². The molecule has 0 radical (unpaired) electrons. The normalized spacial score (nSPS) is 10.0. The molecule has 0 unspecified atom stereocenters. The maximum Gasteiger partial charge on any atom is 0.257 e. The highest BCUT2D eigenvalue weighted by Gasteiger charge is 2.07. The molecule has 0 fully saturated rings. The van der Waals surface area contributed by atoms with Gasteiger partial charge in [0, 0.05) is 24.0 Å². The van der Waals surface area contributed by atoms with Crippen molar-refractivity contribution in [3.05, 3.63) is 53.7 Å². The van der Waals surface area contributed by atoms with E-state index in [0.29, 0.717) is 5.82 Å². The minimum atomic E-state index is -0.686. The summed E-state index contributed by atoms with van der Waals surface area (Å²) < 4.78 is 12.8. The maximum atomic E-state index is 12.8. The van der Waals surface area contributed by atoms with E-state index in [1.807, 2.05) is 13.0 Å². The molecule has 0 saturated carbocycles. The summed E-state index contributed by atoms with van der Waals surface area (Å²) in [5.41, 5.74) is 1.21. The number of amides is 1. The summed E-state index contributed by atoms with van der Waals surface area (Å²) in [6.07, 6.45) is 2.88. The van der Waals surface area contributed by atoms with Gasteiger partial charge in [-0.2, -0.15) is 4.39 Å². The highest BCUT2D eigenvalue weighted by Crippen LogP contribution is 2.07. The Morgan fingerprint density at radius 1 is 1.29 bits per heavy atom. The SMILES string of the molecule is Cc1ccc(NC(=O)c2ccnc(F)c2)nc1. The number of carbonyl (C=O) groups is 1. The highest BCUT2D eigenvalue weighted by molar-refractivity contribution is 6.03. The van der Waals surface area contributed by atoms with Crippen molar-refractivity contribution < 1.29 is 9.18 Å². The second-order valence-electron chi connectivity index (χ2n) is 3.54. The van der Waals surface area contributed by atoms with Crippen molar-refractivity contribution in [2.45, 2.75) is 6.92 Å². The Morgan fingerprint density at radius 2 is 2.12 bits per heavy atom. The van der Waals surface area contributed by atoms with Gasteiger partial charge in [-0.05, 0) is 24.6 Å². The fraction of sp³-hybridized carbons (Fsp3) is 0.0833. The van der Waals surface area contributed by atoms with Crippen LogP contribution in [0.3, 0.4) is 0 Å². The third-order valence-electron chi connectivity index (χ3n) is 2.14. The van der Waals surface area contributed by atoms with E-state index in [4.69, 9.17) is 0 Å². The molecule has 0 aromatic carbocycles. The lowest BCUT2D eigenvalue weighted by molar-refractivity contribution is 0.102. The van der Waals surface area contributed by atoms with Crippen LogP contribution in [0.2, 0.25) is 0 Å². The number of carbonyl (C=O) groups excluding carboxylic acids is 1. The van der Waals surface area contributed by atoms with Crippen molar-refractivity contribution in [1.29, 1.82) is 0 Å². The number of aryl methyl sites for hydroxylation is 1. The van der Waals surface area contributed by atoms with Crippen molar-refractivity contribution in [1.82, 2.24) is 9.97 Å². The summed E-state index contributed by atoms with van der Waals surface area (Å²) in [7, 11) is 0. The number of nitrogens with one attached hydrogen (secondary N) is 1. The lowest BCUT2D eigenvalue weighted by Gasteiger charge is -2.04. The monoisotopic (exact) mass is 231 g/mol. The number of aromatic nitrogens is 2. The van der Waals surface area contributed by atoms with Gasteiger partial charge in [0.2, 0.25) is 5.95 Å². The molecule has 0 atom stereocenters. The van der Waals surface area contributed by atoms with Crippen molar-refractivity contribution in [3.63, 3.8) is 0 Å². The molecule has 4 nitrogen and oxygen atoms in total. The fourth-order valence-corrected chi connectivity index (χ4v) is 1.27. The lowest BCUT2D eigenvalue weighted by Crippen LogP contribution is -2.13. The van der Waals surface area contributed by atoms with Crippen LogP contribution in [-0.4, -0.2) is 15.9 Å². The first-order valence-electron chi connectivity index (χ1n) is 5.01. The predicted octanol–water partition coefficient (Wildman–Crippen LogP) is 2.18. The van der Waals surface area contributed by atoms with Gasteiger partial charge in [-0.25, -0.2) is 9.97 Å². The standard InChI is InChI=1S/C12H10FN3O/c1-8-2-3-11(15-7-8)16-12(17)9-4-5-14-10(13)6-9/h2-7H,1H3,(H,15,16,17). The summed E-state index contributed by atoms with van der Waals surface area (Å²) in [5.74, 6) is -0.671. The van der Waals surface area contributed by atoms with E-state index in [9.17, 15) is 9.18 Å². The summed E-state index contributed by atoms with van der Waals surface area (Å²) in [4.78, 5) is 19.1. The molecule has 86 valence electrons. The van der Waals surface area contributed by atoms with Crippen molar-refractivity contribution in [3.8, 4) is 0 Å². The van der Waals surface area contributed by atoms with E-state index in [0.717, 1.165) is 11.6 Å². The Morgan fingerprint density at radius 3 is 2.76 bits per heavy atom. The van der Waals surface area contributed by atoms with Gasteiger partial charge >= 0.3 is 0 Å². The zero-order valence-corrected chi connectivity index (χ0v) is 9.14. The molecule has 1 amide bonds. The van der Waals surface area contributed by atoms with E-state index in [1.54, 1.807) is 12.3 Å². The number of nitrogens with zero attached hydrogens (tertiary/aromatic N) is 2. The van der Waals surface area contributed by atoms with Gasteiger partial charge in [-0.3, -0.25) is 4.79 Å². The van der Waals surface area contributed by atoms with Crippen molar-refractivity contribution in [2.24, 2.45) is 0 Å². The Kier molecular flexibility index (Phi) is 3.09. The van der Waals surface area contributed by atoms with Crippen LogP contribution in [0.4, 0.5) is 10.2 Å². The number of halogens is 1. The number of pyridine rings is 2. The average molecular weight is 231 g/mol. The van der Waals surface area contributed by atoms with Crippen LogP contribution in [0.15, 0.2) is 36.7 Å².